The average Bonchev–Trinajstić information content (AvgIpc) is 2.97. The highest BCUT2D eigenvalue weighted by Crippen LogP contribution is 2.15. The zero-order valence-corrected chi connectivity index (χ0v) is 11.3. The Balaban J connectivity index is 1.80. The standard InChI is InChI=1S/C14H20FN3O2/c15-13-8-10(14(16)18-19)3-4-11(13)9-17-6-5-12-2-1-7-20-12/h3-4,8,12,17,19H,1-2,5-7,9H2,(H2,16,18). The van der Waals surface area contributed by atoms with Crippen LogP contribution in [0.4, 0.5) is 4.39 Å². The normalized spacial score (nSPS) is 19.4. The van der Waals surface area contributed by atoms with Crippen molar-refractivity contribution in [1.29, 1.82) is 0 Å². The van der Waals surface area contributed by atoms with E-state index in [9.17, 15) is 4.39 Å². The summed E-state index contributed by atoms with van der Waals surface area (Å²) < 4.78 is 19.3. The molecule has 0 saturated carbocycles. The summed E-state index contributed by atoms with van der Waals surface area (Å²) in [6.45, 7) is 2.11. The number of nitrogens with zero attached hydrogens (tertiary/aromatic N) is 1. The number of nitrogens with two attached hydrogens (primary N) is 1. The van der Waals surface area contributed by atoms with Crippen LogP contribution in [0.3, 0.4) is 0 Å². The van der Waals surface area contributed by atoms with Crippen molar-refractivity contribution in [1.82, 2.24) is 5.32 Å². The van der Waals surface area contributed by atoms with Gasteiger partial charge in [-0.05, 0) is 31.9 Å². The van der Waals surface area contributed by atoms with Gasteiger partial charge >= 0.3 is 0 Å². The average molecular weight is 281 g/mol. The molecule has 0 amide bonds. The molecule has 0 aromatic heterocycles. The summed E-state index contributed by atoms with van der Waals surface area (Å²) in [4.78, 5) is 0. The predicted octanol–water partition coefficient (Wildman–Crippen LogP) is 1.58. The van der Waals surface area contributed by atoms with Crippen LogP contribution >= 0.6 is 0 Å². The Hall–Kier alpha value is -1.66. The molecule has 1 fully saturated rings. The van der Waals surface area contributed by atoms with E-state index in [-0.39, 0.29) is 11.7 Å². The fraction of sp³-hybridized carbons (Fsp3) is 0.500. The summed E-state index contributed by atoms with van der Waals surface area (Å²) in [5, 5.41) is 14.6. The molecule has 2 rings (SSSR count). The Morgan fingerprint density at radius 3 is 3.05 bits per heavy atom. The second-order valence-electron chi connectivity index (χ2n) is 4.89. The van der Waals surface area contributed by atoms with Crippen molar-refractivity contribution >= 4 is 5.84 Å². The van der Waals surface area contributed by atoms with Crippen molar-refractivity contribution in [2.75, 3.05) is 13.2 Å². The van der Waals surface area contributed by atoms with E-state index in [1.807, 2.05) is 0 Å². The fourth-order valence-corrected chi connectivity index (χ4v) is 2.27. The van der Waals surface area contributed by atoms with Gasteiger partial charge in [0.2, 0.25) is 0 Å². The molecular weight excluding hydrogens is 261 g/mol. The quantitative estimate of drug-likeness (QED) is 0.243. The van der Waals surface area contributed by atoms with E-state index in [2.05, 4.69) is 10.5 Å². The zero-order valence-electron chi connectivity index (χ0n) is 11.3. The summed E-state index contributed by atoms with van der Waals surface area (Å²) in [6, 6.07) is 4.54. The Kier molecular flexibility index (Phi) is 5.31. The van der Waals surface area contributed by atoms with E-state index in [0.29, 0.717) is 23.8 Å². The molecule has 5 nitrogen and oxygen atoms in total. The van der Waals surface area contributed by atoms with Crippen molar-refractivity contribution in [2.45, 2.75) is 31.9 Å². The molecule has 4 N–H and O–H groups in total. The highest BCUT2D eigenvalue weighted by atomic mass is 19.1. The minimum Gasteiger partial charge on any atom is -0.409 e. The van der Waals surface area contributed by atoms with Gasteiger partial charge in [0.1, 0.15) is 5.82 Å². The van der Waals surface area contributed by atoms with Gasteiger partial charge in [-0.3, -0.25) is 0 Å². The van der Waals surface area contributed by atoms with Crippen LogP contribution in [0.2, 0.25) is 0 Å². The van der Waals surface area contributed by atoms with Crippen LogP contribution in [-0.2, 0) is 11.3 Å². The van der Waals surface area contributed by atoms with Gasteiger partial charge in [0.25, 0.3) is 0 Å². The van der Waals surface area contributed by atoms with Crippen molar-refractivity contribution in [3.8, 4) is 0 Å². The van der Waals surface area contributed by atoms with Gasteiger partial charge in [0, 0.05) is 24.3 Å². The molecule has 1 aromatic rings. The first kappa shape index (κ1) is 14.7. The SMILES string of the molecule is NC(=NO)c1ccc(CNCCC2CCCO2)c(F)c1. The molecular formula is C14H20FN3O2. The number of halogens is 1. The van der Waals surface area contributed by atoms with Crippen LogP contribution in [0.15, 0.2) is 23.4 Å². The summed E-state index contributed by atoms with van der Waals surface area (Å²) >= 11 is 0. The largest absolute Gasteiger partial charge is 0.409 e. The van der Waals surface area contributed by atoms with Crippen LogP contribution in [0, 0.1) is 5.82 Å². The van der Waals surface area contributed by atoms with Gasteiger partial charge in [-0.15, -0.1) is 0 Å². The number of rotatable bonds is 6. The lowest BCUT2D eigenvalue weighted by molar-refractivity contribution is 0.104. The smallest absolute Gasteiger partial charge is 0.170 e. The molecule has 1 unspecified atom stereocenters. The first-order valence-corrected chi connectivity index (χ1v) is 6.79. The van der Waals surface area contributed by atoms with E-state index in [0.717, 1.165) is 32.4 Å². The van der Waals surface area contributed by atoms with Crippen molar-refractivity contribution in [3.05, 3.63) is 35.1 Å². The number of hydrogen-bond acceptors (Lipinski definition) is 4. The van der Waals surface area contributed by atoms with Crippen LogP contribution in [0.5, 0.6) is 0 Å². The van der Waals surface area contributed by atoms with E-state index in [4.69, 9.17) is 15.7 Å². The lowest BCUT2D eigenvalue weighted by Crippen LogP contribution is -2.20. The third-order valence-electron chi connectivity index (χ3n) is 3.44. The van der Waals surface area contributed by atoms with E-state index < -0.39 is 0 Å². The lowest BCUT2D eigenvalue weighted by atomic mass is 10.1. The van der Waals surface area contributed by atoms with Gasteiger partial charge in [0.15, 0.2) is 5.84 Å². The third-order valence-corrected chi connectivity index (χ3v) is 3.44. The summed E-state index contributed by atoms with van der Waals surface area (Å²) in [5.74, 6) is -0.458. The maximum Gasteiger partial charge on any atom is 0.170 e. The molecule has 1 aliphatic rings. The molecule has 20 heavy (non-hydrogen) atoms. The van der Waals surface area contributed by atoms with Crippen LogP contribution in [0.1, 0.15) is 30.4 Å². The summed E-state index contributed by atoms with van der Waals surface area (Å²) in [7, 11) is 0. The molecule has 1 atom stereocenters. The van der Waals surface area contributed by atoms with Crippen molar-refractivity contribution < 1.29 is 14.3 Å². The number of nitrogens with one attached hydrogen (secondary N) is 1. The number of amidine groups is 1. The number of hydrogen-bond donors (Lipinski definition) is 3. The first-order valence-electron chi connectivity index (χ1n) is 6.79. The monoisotopic (exact) mass is 281 g/mol. The number of benzene rings is 1. The van der Waals surface area contributed by atoms with Crippen molar-refractivity contribution in [3.63, 3.8) is 0 Å². The van der Waals surface area contributed by atoms with Crippen molar-refractivity contribution in [2.24, 2.45) is 10.9 Å². The highest BCUT2D eigenvalue weighted by molar-refractivity contribution is 5.97. The Morgan fingerprint density at radius 1 is 1.55 bits per heavy atom. The molecule has 1 aromatic carbocycles. The second kappa shape index (κ2) is 7.21. The minimum atomic E-state index is -0.362. The molecule has 6 heteroatoms. The second-order valence-corrected chi connectivity index (χ2v) is 4.89. The van der Waals surface area contributed by atoms with E-state index in [1.165, 1.54) is 6.07 Å². The summed E-state index contributed by atoms with van der Waals surface area (Å²) in [5.41, 5.74) is 6.34. The Bertz CT molecular complexity index is 473. The topological polar surface area (TPSA) is 79.9 Å². The maximum atomic E-state index is 13.8. The van der Waals surface area contributed by atoms with Crippen LogP contribution < -0.4 is 11.1 Å². The number of oxime groups is 1. The highest BCUT2D eigenvalue weighted by Gasteiger charge is 2.14. The Labute approximate surface area is 117 Å². The maximum absolute atomic E-state index is 13.8. The predicted molar refractivity (Wildman–Crippen MR) is 74.2 cm³/mol. The fourth-order valence-electron chi connectivity index (χ4n) is 2.27. The van der Waals surface area contributed by atoms with Gasteiger partial charge < -0.3 is 21.0 Å². The van der Waals surface area contributed by atoms with Crippen LogP contribution in [-0.4, -0.2) is 30.3 Å². The molecule has 0 aliphatic carbocycles. The molecule has 1 saturated heterocycles. The Morgan fingerprint density at radius 2 is 2.40 bits per heavy atom. The van der Waals surface area contributed by atoms with E-state index in [1.54, 1.807) is 12.1 Å². The molecule has 110 valence electrons. The molecule has 0 spiro atoms. The zero-order chi connectivity index (χ0) is 14.4. The minimum absolute atomic E-state index is 0.0956. The van der Waals surface area contributed by atoms with Gasteiger partial charge in [-0.2, -0.15) is 0 Å². The summed E-state index contributed by atoms with van der Waals surface area (Å²) in [6.07, 6.45) is 3.54. The van der Waals surface area contributed by atoms with Gasteiger partial charge in [-0.1, -0.05) is 17.3 Å². The third kappa shape index (κ3) is 3.91. The number of ether oxygens (including phenoxy) is 1. The van der Waals surface area contributed by atoms with Gasteiger partial charge in [0.05, 0.1) is 6.10 Å². The van der Waals surface area contributed by atoms with E-state index >= 15 is 0 Å². The van der Waals surface area contributed by atoms with Gasteiger partial charge in [-0.25, -0.2) is 4.39 Å². The molecule has 0 bridgehead atoms. The van der Waals surface area contributed by atoms with Crippen LogP contribution in [0.25, 0.3) is 0 Å². The molecule has 1 aliphatic heterocycles. The molecule has 0 radical (unpaired) electrons. The lowest BCUT2D eigenvalue weighted by Gasteiger charge is -2.11. The molecule has 1 heterocycles. The first-order chi connectivity index (χ1) is 9.70.